The Morgan fingerprint density at radius 1 is 0.850 bits per heavy atom. The van der Waals surface area contributed by atoms with Crippen molar-refractivity contribution in [3.8, 4) is 11.1 Å². The predicted molar refractivity (Wildman–Crippen MR) is 72.9 cm³/mol. The Balaban J connectivity index is 1.92. The van der Waals surface area contributed by atoms with Crippen LogP contribution in [0.15, 0.2) is 48.5 Å². The van der Waals surface area contributed by atoms with Gasteiger partial charge in [0.05, 0.1) is 12.3 Å². The van der Waals surface area contributed by atoms with Crippen molar-refractivity contribution < 1.29 is 14.3 Å². The van der Waals surface area contributed by atoms with Crippen molar-refractivity contribution >= 4 is 11.9 Å². The normalized spacial score (nSPS) is 20.7. The van der Waals surface area contributed by atoms with Gasteiger partial charge in [-0.1, -0.05) is 48.5 Å². The van der Waals surface area contributed by atoms with Crippen LogP contribution < -0.4 is 0 Å². The van der Waals surface area contributed by atoms with Crippen LogP contribution in [-0.4, -0.2) is 11.9 Å². The summed E-state index contributed by atoms with van der Waals surface area (Å²) >= 11 is 0. The van der Waals surface area contributed by atoms with Gasteiger partial charge in [0.2, 0.25) is 0 Å². The van der Waals surface area contributed by atoms with Gasteiger partial charge >= 0.3 is 11.9 Å². The molecule has 2 aromatic rings. The molecule has 0 radical (unpaired) electrons. The average Bonchev–Trinajstić information content (AvgIpc) is 2.96. The molecule has 0 amide bonds. The second kappa shape index (κ2) is 4.04. The molecule has 0 spiro atoms. The zero-order valence-electron chi connectivity index (χ0n) is 10.7. The molecule has 1 aliphatic heterocycles. The van der Waals surface area contributed by atoms with Crippen LogP contribution in [0.4, 0.5) is 0 Å². The summed E-state index contributed by atoms with van der Waals surface area (Å²) in [6, 6.07) is 16.1. The van der Waals surface area contributed by atoms with Gasteiger partial charge in [-0.25, -0.2) is 0 Å². The standard InChI is InChI=1S/C17H12O3/c18-15-9-14(17(19)20-15)16-12-7-3-1-5-10(12)11-6-2-4-8-13(11)16/h1-8,14,16H,9H2/t14-/m1/s1. The molecule has 0 bridgehead atoms. The molecule has 0 unspecified atom stereocenters. The zero-order chi connectivity index (χ0) is 13.7. The van der Waals surface area contributed by atoms with Gasteiger partial charge in [-0.05, 0) is 22.3 Å². The van der Waals surface area contributed by atoms with Crippen LogP contribution in [0.5, 0.6) is 0 Å². The van der Waals surface area contributed by atoms with Gasteiger partial charge in [-0.3, -0.25) is 9.59 Å². The minimum absolute atomic E-state index is 0.0682. The highest BCUT2D eigenvalue weighted by atomic mass is 16.6. The highest BCUT2D eigenvalue weighted by Crippen LogP contribution is 2.50. The maximum Gasteiger partial charge on any atom is 0.318 e. The van der Waals surface area contributed by atoms with Gasteiger partial charge in [0.15, 0.2) is 0 Å². The van der Waals surface area contributed by atoms with E-state index in [2.05, 4.69) is 12.1 Å². The van der Waals surface area contributed by atoms with Crippen LogP contribution in [0, 0.1) is 5.92 Å². The van der Waals surface area contributed by atoms with Gasteiger partial charge in [0.1, 0.15) is 0 Å². The summed E-state index contributed by atoms with van der Waals surface area (Å²) in [7, 11) is 0. The molecule has 3 nitrogen and oxygen atoms in total. The molecule has 4 rings (SSSR count). The van der Waals surface area contributed by atoms with Gasteiger partial charge in [-0.15, -0.1) is 0 Å². The molecule has 1 heterocycles. The molecule has 0 saturated carbocycles. The van der Waals surface area contributed by atoms with Crippen molar-refractivity contribution in [3.05, 3.63) is 59.7 Å². The predicted octanol–water partition coefficient (Wildman–Crippen LogP) is 2.89. The third kappa shape index (κ3) is 1.46. The van der Waals surface area contributed by atoms with E-state index in [1.54, 1.807) is 0 Å². The summed E-state index contributed by atoms with van der Waals surface area (Å²) in [6.07, 6.45) is 0.173. The molecular formula is C17H12O3. The van der Waals surface area contributed by atoms with Crippen molar-refractivity contribution in [1.82, 2.24) is 0 Å². The number of ether oxygens (including phenoxy) is 1. The summed E-state index contributed by atoms with van der Waals surface area (Å²) in [6.45, 7) is 0. The number of fused-ring (bicyclic) bond motifs is 3. The number of esters is 2. The minimum Gasteiger partial charge on any atom is -0.393 e. The van der Waals surface area contributed by atoms with E-state index in [9.17, 15) is 9.59 Å². The van der Waals surface area contributed by atoms with Crippen LogP contribution in [0.2, 0.25) is 0 Å². The number of carbonyl (C=O) groups excluding carboxylic acids is 2. The zero-order valence-corrected chi connectivity index (χ0v) is 10.7. The number of hydrogen-bond acceptors (Lipinski definition) is 3. The van der Waals surface area contributed by atoms with Crippen LogP contribution in [0.3, 0.4) is 0 Å². The van der Waals surface area contributed by atoms with E-state index < -0.39 is 17.9 Å². The number of rotatable bonds is 1. The second-order valence-corrected chi connectivity index (χ2v) is 5.26. The molecule has 98 valence electrons. The monoisotopic (exact) mass is 264 g/mol. The van der Waals surface area contributed by atoms with Crippen molar-refractivity contribution in [1.29, 1.82) is 0 Å². The van der Waals surface area contributed by atoms with E-state index in [1.807, 2.05) is 36.4 Å². The Morgan fingerprint density at radius 2 is 1.40 bits per heavy atom. The van der Waals surface area contributed by atoms with Crippen molar-refractivity contribution in [2.75, 3.05) is 0 Å². The SMILES string of the molecule is O=C1C[C@H](C2c3ccccc3-c3ccccc32)C(=O)O1. The van der Waals surface area contributed by atoms with E-state index in [1.165, 1.54) is 0 Å². The topological polar surface area (TPSA) is 43.4 Å². The number of hydrogen-bond donors (Lipinski definition) is 0. The van der Waals surface area contributed by atoms with Gasteiger partial charge in [-0.2, -0.15) is 0 Å². The Bertz CT molecular complexity index is 687. The van der Waals surface area contributed by atoms with Gasteiger partial charge < -0.3 is 4.74 Å². The molecular weight excluding hydrogens is 252 g/mol. The first-order valence-electron chi connectivity index (χ1n) is 6.68. The van der Waals surface area contributed by atoms with E-state index in [-0.39, 0.29) is 12.3 Å². The van der Waals surface area contributed by atoms with E-state index >= 15 is 0 Å². The number of cyclic esters (lactones) is 2. The molecule has 1 fully saturated rings. The van der Waals surface area contributed by atoms with E-state index in [0.717, 1.165) is 22.3 Å². The lowest BCUT2D eigenvalue weighted by atomic mass is 9.83. The van der Waals surface area contributed by atoms with Crippen molar-refractivity contribution in [2.24, 2.45) is 5.92 Å². The minimum atomic E-state index is -0.415. The Labute approximate surface area is 116 Å². The largest absolute Gasteiger partial charge is 0.393 e. The highest BCUT2D eigenvalue weighted by molar-refractivity contribution is 5.96. The first-order valence-corrected chi connectivity index (χ1v) is 6.68. The summed E-state index contributed by atoms with van der Waals surface area (Å²) < 4.78 is 4.74. The molecule has 3 heteroatoms. The van der Waals surface area contributed by atoms with E-state index in [0.29, 0.717) is 0 Å². The fourth-order valence-electron chi connectivity index (χ4n) is 3.37. The summed E-state index contributed by atoms with van der Waals surface area (Å²) in [5, 5.41) is 0. The highest BCUT2D eigenvalue weighted by Gasteiger charge is 2.44. The molecule has 1 saturated heterocycles. The maximum absolute atomic E-state index is 11.9. The number of benzene rings is 2. The van der Waals surface area contributed by atoms with Gasteiger partial charge in [0.25, 0.3) is 0 Å². The van der Waals surface area contributed by atoms with Crippen LogP contribution >= 0.6 is 0 Å². The fourth-order valence-corrected chi connectivity index (χ4v) is 3.37. The lowest BCUT2D eigenvalue weighted by Crippen LogP contribution is -2.17. The lowest BCUT2D eigenvalue weighted by molar-refractivity contribution is -0.153. The summed E-state index contributed by atoms with van der Waals surface area (Å²) in [5.74, 6) is -1.28. The van der Waals surface area contributed by atoms with Crippen LogP contribution in [-0.2, 0) is 14.3 Å². The van der Waals surface area contributed by atoms with Crippen LogP contribution in [0.25, 0.3) is 11.1 Å². The third-order valence-corrected chi connectivity index (χ3v) is 4.19. The summed E-state index contributed by atoms with van der Waals surface area (Å²) in [4.78, 5) is 23.3. The average molecular weight is 264 g/mol. The van der Waals surface area contributed by atoms with Crippen molar-refractivity contribution in [2.45, 2.75) is 12.3 Å². The third-order valence-electron chi connectivity index (χ3n) is 4.19. The molecule has 0 aromatic heterocycles. The molecule has 2 aromatic carbocycles. The maximum atomic E-state index is 11.9. The molecule has 20 heavy (non-hydrogen) atoms. The smallest absolute Gasteiger partial charge is 0.318 e. The van der Waals surface area contributed by atoms with Crippen molar-refractivity contribution in [3.63, 3.8) is 0 Å². The molecule has 2 aliphatic rings. The second-order valence-electron chi connectivity index (χ2n) is 5.26. The Kier molecular flexibility index (Phi) is 2.30. The fraction of sp³-hybridized carbons (Fsp3) is 0.176. The quantitative estimate of drug-likeness (QED) is 0.587. The van der Waals surface area contributed by atoms with Gasteiger partial charge in [0, 0.05) is 5.92 Å². The number of carbonyl (C=O) groups is 2. The first kappa shape index (κ1) is 11.4. The Hall–Kier alpha value is -2.42. The lowest BCUT2D eigenvalue weighted by Gasteiger charge is -2.17. The van der Waals surface area contributed by atoms with E-state index in [4.69, 9.17) is 4.74 Å². The first-order chi connectivity index (χ1) is 9.75. The molecule has 0 N–H and O–H groups in total. The molecule has 1 aliphatic carbocycles. The van der Waals surface area contributed by atoms with Crippen LogP contribution in [0.1, 0.15) is 23.5 Å². The summed E-state index contributed by atoms with van der Waals surface area (Å²) in [5.41, 5.74) is 4.54. The molecule has 1 atom stereocenters. The Morgan fingerprint density at radius 3 is 1.90 bits per heavy atom.